The third-order valence-electron chi connectivity index (χ3n) is 4.17. The number of aromatic nitrogens is 2. The van der Waals surface area contributed by atoms with Crippen molar-refractivity contribution < 1.29 is 4.74 Å². The first-order valence-electron chi connectivity index (χ1n) is 6.87. The average Bonchev–Trinajstić information content (AvgIpc) is 2.46. The molecule has 1 aliphatic rings. The highest BCUT2D eigenvalue weighted by atomic mass is 16.5. The fraction of sp³-hybridized carbons (Fsp3) is 0.714. The Morgan fingerprint density at radius 2 is 2.17 bits per heavy atom. The van der Waals surface area contributed by atoms with Crippen LogP contribution in [-0.2, 0) is 0 Å². The summed E-state index contributed by atoms with van der Waals surface area (Å²) >= 11 is 0. The van der Waals surface area contributed by atoms with Crippen LogP contribution in [-0.4, -0.2) is 17.1 Å². The van der Waals surface area contributed by atoms with Gasteiger partial charge < -0.3 is 10.5 Å². The summed E-state index contributed by atoms with van der Waals surface area (Å²) in [6.07, 6.45) is 7.90. The molecular weight excluding hydrogens is 226 g/mol. The van der Waals surface area contributed by atoms with Crippen LogP contribution >= 0.6 is 0 Å². The monoisotopic (exact) mass is 249 g/mol. The van der Waals surface area contributed by atoms with Crippen LogP contribution in [0.25, 0.3) is 0 Å². The zero-order chi connectivity index (χ0) is 13.0. The lowest BCUT2D eigenvalue weighted by molar-refractivity contribution is 0.194. The molecule has 2 rings (SSSR count). The molecule has 0 radical (unpaired) electrons. The van der Waals surface area contributed by atoms with Gasteiger partial charge in [0.1, 0.15) is 6.33 Å². The molecule has 0 amide bonds. The van der Waals surface area contributed by atoms with Gasteiger partial charge in [-0.3, -0.25) is 0 Å². The summed E-state index contributed by atoms with van der Waals surface area (Å²) in [7, 11) is 1.62. The first-order chi connectivity index (χ1) is 8.76. The lowest BCUT2D eigenvalue weighted by Crippen LogP contribution is -2.31. The minimum Gasteiger partial charge on any atom is -0.481 e. The van der Waals surface area contributed by atoms with Gasteiger partial charge in [-0.25, -0.2) is 9.97 Å². The molecular formula is C14H23N3O. The Hall–Kier alpha value is -1.16. The second-order valence-electron chi connectivity index (χ2n) is 5.13. The van der Waals surface area contributed by atoms with Gasteiger partial charge in [0, 0.05) is 6.07 Å². The zero-order valence-corrected chi connectivity index (χ0v) is 11.3. The minimum absolute atomic E-state index is 0.00662. The maximum atomic E-state index is 6.41. The molecule has 0 aliphatic heterocycles. The fourth-order valence-electron chi connectivity index (χ4n) is 3.08. The van der Waals surface area contributed by atoms with Crippen molar-refractivity contribution in [1.29, 1.82) is 0 Å². The number of hydrogen-bond donors (Lipinski definition) is 1. The number of methoxy groups -OCH3 is 1. The van der Waals surface area contributed by atoms with Crippen LogP contribution in [0.4, 0.5) is 0 Å². The lowest BCUT2D eigenvalue weighted by atomic mass is 9.73. The summed E-state index contributed by atoms with van der Waals surface area (Å²) in [6, 6.07) is 1.87. The predicted octanol–water partition coefficient (Wildman–Crippen LogP) is 2.70. The number of hydrogen-bond acceptors (Lipinski definition) is 4. The Bertz CT molecular complexity index is 383. The van der Waals surface area contributed by atoms with Gasteiger partial charge in [-0.1, -0.05) is 32.6 Å². The van der Waals surface area contributed by atoms with Gasteiger partial charge in [0.15, 0.2) is 0 Å². The lowest BCUT2D eigenvalue weighted by Gasteiger charge is -2.34. The molecule has 4 nitrogen and oxygen atoms in total. The van der Waals surface area contributed by atoms with Gasteiger partial charge in [0.25, 0.3) is 0 Å². The summed E-state index contributed by atoms with van der Waals surface area (Å²) < 4.78 is 5.14. The van der Waals surface area contributed by atoms with Gasteiger partial charge in [-0.15, -0.1) is 0 Å². The van der Waals surface area contributed by atoms with Crippen LogP contribution in [0, 0.1) is 11.8 Å². The molecule has 1 saturated carbocycles. The van der Waals surface area contributed by atoms with E-state index in [4.69, 9.17) is 10.5 Å². The van der Waals surface area contributed by atoms with Crippen LogP contribution in [0.1, 0.15) is 50.8 Å². The molecule has 0 bridgehead atoms. The largest absolute Gasteiger partial charge is 0.481 e. The Morgan fingerprint density at radius 3 is 2.89 bits per heavy atom. The van der Waals surface area contributed by atoms with E-state index >= 15 is 0 Å². The number of nitrogens with two attached hydrogens (primary N) is 1. The topological polar surface area (TPSA) is 61.0 Å². The van der Waals surface area contributed by atoms with E-state index in [9.17, 15) is 0 Å². The second-order valence-corrected chi connectivity index (χ2v) is 5.13. The SMILES string of the molecule is CCC1CCCCC1C(N)c1cc(OC)ncn1. The van der Waals surface area contributed by atoms with Gasteiger partial charge in [-0.2, -0.15) is 0 Å². The third kappa shape index (κ3) is 2.80. The Balaban J connectivity index is 2.15. The van der Waals surface area contributed by atoms with Crippen LogP contribution in [0.2, 0.25) is 0 Å². The standard InChI is InChI=1S/C14H23N3O/c1-3-10-6-4-5-7-11(10)14(15)12-8-13(18-2)17-9-16-12/h8-11,14H,3-7,15H2,1-2H3. The van der Waals surface area contributed by atoms with Gasteiger partial charge in [-0.05, 0) is 18.3 Å². The maximum Gasteiger partial charge on any atom is 0.216 e. The molecule has 1 aliphatic carbocycles. The second kappa shape index (κ2) is 6.14. The van der Waals surface area contributed by atoms with Crippen LogP contribution in [0.15, 0.2) is 12.4 Å². The fourth-order valence-corrected chi connectivity index (χ4v) is 3.08. The maximum absolute atomic E-state index is 6.41. The molecule has 4 heteroatoms. The van der Waals surface area contributed by atoms with E-state index < -0.39 is 0 Å². The number of ether oxygens (including phenoxy) is 1. The van der Waals surface area contributed by atoms with Gasteiger partial charge in [0.05, 0.1) is 18.8 Å². The van der Waals surface area contributed by atoms with E-state index in [1.807, 2.05) is 6.07 Å². The molecule has 3 unspecified atom stereocenters. The molecule has 0 aromatic carbocycles. The summed E-state index contributed by atoms with van der Waals surface area (Å²) in [5, 5.41) is 0. The van der Waals surface area contributed by atoms with Crippen LogP contribution < -0.4 is 10.5 Å². The zero-order valence-electron chi connectivity index (χ0n) is 11.3. The quantitative estimate of drug-likeness (QED) is 0.891. The molecule has 1 aromatic heterocycles. The van der Waals surface area contributed by atoms with E-state index in [-0.39, 0.29) is 6.04 Å². The van der Waals surface area contributed by atoms with Gasteiger partial charge in [0.2, 0.25) is 5.88 Å². The summed E-state index contributed by atoms with van der Waals surface area (Å²) in [5.41, 5.74) is 7.32. The molecule has 0 spiro atoms. The van der Waals surface area contributed by atoms with E-state index in [1.165, 1.54) is 38.4 Å². The van der Waals surface area contributed by atoms with E-state index in [0.717, 1.165) is 11.6 Å². The average molecular weight is 249 g/mol. The van der Waals surface area contributed by atoms with Crippen molar-refractivity contribution in [3.63, 3.8) is 0 Å². The van der Waals surface area contributed by atoms with Crippen molar-refractivity contribution in [3.8, 4) is 5.88 Å². The molecule has 2 N–H and O–H groups in total. The Kier molecular flexibility index (Phi) is 4.53. The Morgan fingerprint density at radius 1 is 1.39 bits per heavy atom. The van der Waals surface area contributed by atoms with Crippen molar-refractivity contribution >= 4 is 0 Å². The van der Waals surface area contributed by atoms with Crippen molar-refractivity contribution in [2.75, 3.05) is 7.11 Å². The van der Waals surface area contributed by atoms with Crippen molar-refractivity contribution in [2.24, 2.45) is 17.6 Å². The summed E-state index contributed by atoms with van der Waals surface area (Å²) in [6.45, 7) is 2.26. The van der Waals surface area contributed by atoms with E-state index in [1.54, 1.807) is 7.11 Å². The van der Waals surface area contributed by atoms with Crippen LogP contribution in [0.3, 0.4) is 0 Å². The van der Waals surface area contributed by atoms with Crippen molar-refractivity contribution in [1.82, 2.24) is 9.97 Å². The van der Waals surface area contributed by atoms with Crippen LogP contribution in [0.5, 0.6) is 5.88 Å². The predicted molar refractivity (Wildman–Crippen MR) is 71.3 cm³/mol. The molecule has 0 saturated heterocycles. The first-order valence-corrected chi connectivity index (χ1v) is 6.87. The number of rotatable bonds is 4. The number of nitrogens with zero attached hydrogens (tertiary/aromatic N) is 2. The molecule has 1 aromatic rings. The highest BCUT2D eigenvalue weighted by Gasteiger charge is 2.30. The summed E-state index contributed by atoms with van der Waals surface area (Å²) in [5.74, 6) is 1.87. The molecule has 100 valence electrons. The molecule has 1 fully saturated rings. The van der Waals surface area contributed by atoms with Crippen molar-refractivity contribution in [2.45, 2.75) is 45.1 Å². The third-order valence-corrected chi connectivity index (χ3v) is 4.17. The highest BCUT2D eigenvalue weighted by molar-refractivity contribution is 5.17. The molecule has 1 heterocycles. The normalized spacial score (nSPS) is 25.7. The summed E-state index contributed by atoms with van der Waals surface area (Å²) in [4.78, 5) is 8.35. The first kappa shape index (κ1) is 13.3. The van der Waals surface area contributed by atoms with E-state index in [0.29, 0.717) is 11.8 Å². The molecule has 18 heavy (non-hydrogen) atoms. The molecule has 3 atom stereocenters. The van der Waals surface area contributed by atoms with E-state index in [2.05, 4.69) is 16.9 Å². The van der Waals surface area contributed by atoms with Crippen molar-refractivity contribution in [3.05, 3.63) is 18.1 Å². The Labute approximate surface area is 109 Å². The van der Waals surface area contributed by atoms with Gasteiger partial charge >= 0.3 is 0 Å². The highest BCUT2D eigenvalue weighted by Crippen LogP contribution is 2.38. The smallest absolute Gasteiger partial charge is 0.216 e. The minimum atomic E-state index is 0.00662.